The Morgan fingerprint density at radius 1 is 1.08 bits per heavy atom. The molecule has 0 spiro atoms. The first-order valence-electron chi connectivity index (χ1n) is 8.63. The molecule has 2 N–H and O–H groups in total. The van der Waals surface area contributed by atoms with Gasteiger partial charge < -0.3 is 15.3 Å². The van der Waals surface area contributed by atoms with Crippen LogP contribution in [0.25, 0.3) is 0 Å². The summed E-state index contributed by atoms with van der Waals surface area (Å²) in [5.74, 6) is -0.579. The fourth-order valence-corrected chi connectivity index (χ4v) is 2.69. The van der Waals surface area contributed by atoms with E-state index in [1.54, 1.807) is 36.1 Å². The van der Waals surface area contributed by atoms with E-state index in [2.05, 4.69) is 10.2 Å². The maximum atomic E-state index is 12.3. The van der Waals surface area contributed by atoms with Crippen molar-refractivity contribution in [3.8, 4) is 0 Å². The molecule has 1 aliphatic heterocycles. The standard InChI is InChI=1S/C19H25N3O4/c1-14(13-18(25)22-9-7-21(8-10-22)11-12-23)19(26)20-17-5-3-16(4-6-17)15(2)24/h3-6,13,23H,7-12H2,1-2H3,(H,20,26)/b14-13-. The van der Waals surface area contributed by atoms with Crippen LogP contribution in [-0.4, -0.2) is 71.8 Å². The van der Waals surface area contributed by atoms with E-state index in [1.165, 1.54) is 13.0 Å². The molecule has 0 saturated carbocycles. The highest BCUT2D eigenvalue weighted by molar-refractivity contribution is 6.07. The van der Waals surface area contributed by atoms with Gasteiger partial charge in [0.1, 0.15) is 0 Å². The van der Waals surface area contributed by atoms with Gasteiger partial charge in [0.05, 0.1) is 6.61 Å². The highest BCUT2D eigenvalue weighted by Crippen LogP contribution is 2.12. The second-order valence-corrected chi connectivity index (χ2v) is 6.31. The van der Waals surface area contributed by atoms with Crippen LogP contribution in [0.1, 0.15) is 24.2 Å². The third kappa shape index (κ3) is 5.50. The van der Waals surface area contributed by atoms with E-state index in [0.29, 0.717) is 49.5 Å². The van der Waals surface area contributed by atoms with Crippen molar-refractivity contribution in [3.63, 3.8) is 0 Å². The van der Waals surface area contributed by atoms with Crippen LogP contribution < -0.4 is 5.32 Å². The molecule has 2 rings (SSSR count). The van der Waals surface area contributed by atoms with Gasteiger partial charge in [-0.25, -0.2) is 0 Å². The van der Waals surface area contributed by atoms with Crippen molar-refractivity contribution in [1.82, 2.24) is 9.80 Å². The van der Waals surface area contributed by atoms with Crippen molar-refractivity contribution in [2.24, 2.45) is 0 Å². The Bertz CT molecular complexity index is 689. The lowest BCUT2D eigenvalue weighted by Crippen LogP contribution is -2.49. The first kappa shape index (κ1) is 19.8. The number of aliphatic hydroxyl groups excluding tert-OH is 1. The Hall–Kier alpha value is -2.51. The largest absolute Gasteiger partial charge is 0.395 e. The molecule has 0 bridgehead atoms. The number of aliphatic hydroxyl groups is 1. The molecule has 0 radical (unpaired) electrons. The van der Waals surface area contributed by atoms with Gasteiger partial charge in [-0.05, 0) is 38.1 Å². The number of β-amino-alcohol motifs (C(OH)–C–C–N with tert-alkyl or cyclic N) is 1. The number of nitrogens with one attached hydrogen (secondary N) is 1. The van der Waals surface area contributed by atoms with Gasteiger partial charge in [0.25, 0.3) is 5.91 Å². The van der Waals surface area contributed by atoms with Crippen LogP contribution in [0.15, 0.2) is 35.9 Å². The molecule has 1 aromatic rings. The summed E-state index contributed by atoms with van der Waals surface area (Å²) in [5.41, 5.74) is 1.46. The molecule has 1 heterocycles. The normalized spacial score (nSPS) is 15.7. The van der Waals surface area contributed by atoms with Crippen LogP contribution in [0.4, 0.5) is 5.69 Å². The van der Waals surface area contributed by atoms with Gasteiger partial charge in [0.15, 0.2) is 5.78 Å². The molecule has 7 heteroatoms. The van der Waals surface area contributed by atoms with E-state index in [4.69, 9.17) is 5.11 Å². The van der Waals surface area contributed by atoms with E-state index in [1.807, 2.05) is 0 Å². The summed E-state index contributed by atoms with van der Waals surface area (Å²) in [5, 5.41) is 11.7. The molecule has 7 nitrogen and oxygen atoms in total. The smallest absolute Gasteiger partial charge is 0.251 e. The zero-order chi connectivity index (χ0) is 19.1. The van der Waals surface area contributed by atoms with Crippen LogP contribution in [0.2, 0.25) is 0 Å². The third-order valence-corrected chi connectivity index (χ3v) is 4.35. The van der Waals surface area contributed by atoms with Crippen LogP contribution >= 0.6 is 0 Å². The van der Waals surface area contributed by atoms with E-state index in [-0.39, 0.29) is 24.2 Å². The quantitative estimate of drug-likeness (QED) is 0.582. The molecule has 1 saturated heterocycles. The number of nitrogens with zero attached hydrogens (tertiary/aromatic N) is 2. The second kappa shape index (κ2) is 9.26. The van der Waals surface area contributed by atoms with Gasteiger partial charge >= 0.3 is 0 Å². The number of hydrogen-bond donors (Lipinski definition) is 2. The Balaban J connectivity index is 1.90. The number of carbonyl (C=O) groups excluding carboxylic acids is 3. The zero-order valence-electron chi connectivity index (χ0n) is 15.2. The molecular formula is C19H25N3O4. The Labute approximate surface area is 153 Å². The fraction of sp³-hybridized carbons (Fsp3) is 0.421. The lowest BCUT2D eigenvalue weighted by Gasteiger charge is -2.33. The average molecular weight is 359 g/mol. The topological polar surface area (TPSA) is 90.0 Å². The lowest BCUT2D eigenvalue weighted by atomic mass is 10.1. The summed E-state index contributed by atoms with van der Waals surface area (Å²) in [7, 11) is 0. The predicted molar refractivity (Wildman–Crippen MR) is 98.9 cm³/mol. The summed E-state index contributed by atoms with van der Waals surface area (Å²) >= 11 is 0. The van der Waals surface area contributed by atoms with E-state index < -0.39 is 0 Å². The zero-order valence-corrected chi connectivity index (χ0v) is 15.2. The maximum Gasteiger partial charge on any atom is 0.251 e. The van der Waals surface area contributed by atoms with Crippen molar-refractivity contribution in [2.75, 3.05) is 44.6 Å². The SMILES string of the molecule is CC(=O)c1ccc(NC(=O)/C(C)=C\C(=O)N2CCN(CCO)CC2)cc1. The second-order valence-electron chi connectivity index (χ2n) is 6.31. The summed E-state index contributed by atoms with van der Waals surface area (Å²) in [6.45, 7) is 6.40. The minimum Gasteiger partial charge on any atom is -0.395 e. The van der Waals surface area contributed by atoms with Gasteiger partial charge in [-0.1, -0.05) is 0 Å². The number of ketones is 1. The van der Waals surface area contributed by atoms with Crippen molar-refractivity contribution in [2.45, 2.75) is 13.8 Å². The Morgan fingerprint density at radius 3 is 2.23 bits per heavy atom. The minimum atomic E-state index is -0.354. The van der Waals surface area contributed by atoms with E-state index >= 15 is 0 Å². The monoisotopic (exact) mass is 359 g/mol. The molecule has 1 fully saturated rings. The van der Waals surface area contributed by atoms with Crippen LogP contribution in [0.5, 0.6) is 0 Å². The predicted octanol–water partition coefficient (Wildman–Crippen LogP) is 0.910. The summed E-state index contributed by atoms with van der Waals surface area (Å²) in [4.78, 5) is 39.6. The molecule has 0 unspecified atom stereocenters. The van der Waals surface area contributed by atoms with Crippen LogP contribution in [0.3, 0.4) is 0 Å². The minimum absolute atomic E-state index is 0.0383. The highest BCUT2D eigenvalue weighted by Gasteiger charge is 2.20. The fourth-order valence-electron chi connectivity index (χ4n) is 2.69. The molecule has 0 atom stereocenters. The number of piperazine rings is 1. The number of rotatable bonds is 6. The van der Waals surface area contributed by atoms with Gasteiger partial charge in [0.2, 0.25) is 5.91 Å². The number of benzene rings is 1. The van der Waals surface area contributed by atoms with Crippen molar-refractivity contribution < 1.29 is 19.5 Å². The average Bonchev–Trinajstić information content (AvgIpc) is 2.63. The number of anilines is 1. The molecule has 0 aromatic heterocycles. The number of hydrogen-bond acceptors (Lipinski definition) is 5. The highest BCUT2D eigenvalue weighted by atomic mass is 16.3. The summed E-state index contributed by atoms with van der Waals surface area (Å²) < 4.78 is 0. The molecule has 26 heavy (non-hydrogen) atoms. The van der Waals surface area contributed by atoms with Crippen molar-refractivity contribution in [1.29, 1.82) is 0 Å². The van der Waals surface area contributed by atoms with Gasteiger partial charge in [0, 0.05) is 55.6 Å². The van der Waals surface area contributed by atoms with Crippen LogP contribution in [0, 0.1) is 0 Å². The van der Waals surface area contributed by atoms with Crippen LogP contribution in [-0.2, 0) is 9.59 Å². The number of carbonyl (C=O) groups is 3. The molecule has 0 aliphatic carbocycles. The first-order valence-corrected chi connectivity index (χ1v) is 8.63. The summed E-state index contributed by atoms with van der Waals surface area (Å²) in [6.07, 6.45) is 1.35. The molecule has 2 amide bonds. The van der Waals surface area contributed by atoms with Crippen molar-refractivity contribution in [3.05, 3.63) is 41.5 Å². The molecular weight excluding hydrogens is 334 g/mol. The van der Waals surface area contributed by atoms with Crippen molar-refractivity contribution >= 4 is 23.3 Å². The number of amides is 2. The van der Waals surface area contributed by atoms with Gasteiger partial charge in [-0.3, -0.25) is 19.3 Å². The molecule has 1 aromatic carbocycles. The molecule has 1 aliphatic rings. The lowest BCUT2D eigenvalue weighted by molar-refractivity contribution is -0.128. The Morgan fingerprint density at radius 2 is 1.69 bits per heavy atom. The van der Waals surface area contributed by atoms with Gasteiger partial charge in [-0.2, -0.15) is 0 Å². The number of Topliss-reactive ketones (excluding diaryl/α,β-unsaturated/α-hetero) is 1. The van der Waals surface area contributed by atoms with E-state index in [9.17, 15) is 14.4 Å². The maximum absolute atomic E-state index is 12.3. The first-order chi connectivity index (χ1) is 12.4. The summed E-state index contributed by atoms with van der Waals surface area (Å²) in [6, 6.07) is 6.61. The Kier molecular flexibility index (Phi) is 7.06. The third-order valence-electron chi connectivity index (χ3n) is 4.35. The van der Waals surface area contributed by atoms with E-state index in [0.717, 1.165) is 0 Å². The van der Waals surface area contributed by atoms with Gasteiger partial charge in [-0.15, -0.1) is 0 Å². The molecule has 140 valence electrons.